The van der Waals surface area contributed by atoms with Gasteiger partial charge in [0.15, 0.2) is 0 Å². The van der Waals surface area contributed by atoms with E-state index in [0.717, 1.165) is 19.4 Å². The van der Waals surface area contributed by atoms with Crippen LogP contribution in [0.1, 0.15) is 26.2 Å². The fraction of sp³-hybridized carbons (Fsp3) is 0.846. The Balaban J connectivity index is 1.99. The van der Waals surface area contributed by atoms with E-state index in [2.05, 4.69) is 5.32 Å². The van der Waals surface area contributed by atoms with Crippen molar-refractivity contribution in [3.05, 3.63) is 0 Å². The first-order valence-electron chi connectivity index (χ1n) is 7.01. The SMILES string of the molecule is CCOC(=O)C(N)CCSCC(=O)NCC1CCCO1. The molecule has 1 amide bonds. The molecule has 2 atom stereocenters. The van der Waals surface area contributed by atoms with Crippen molar-refractivity contribution in [1.29, 1.82) is 0 Å². The molecule has 6 nitrogen and oxygen atoms in total. The first-order valence-corrected chi connectivity index (χ1v) is 8.17. The van der Waals surface area contributed by atoms with Gasteiger partial charge in [0.05, 0.1) is 18.5 Å². The predicted octanol–water partition coefficient (Wildman–Crippen LogP) is 0.295. The summed E-state index contributed by atoms with van der Waals surface area (Å²) in [4.78, 5) is 22.8. The number of carbonyl (C=O) groups excluding carboxylic acids is 2. The zero-order valence-electron chi connectivity index (χ0n) is 11.9. The van der Waals surface area contributed by atoms with E-state index < -0.39 is 6.04 Å². The first-order chi connectivity index (χ1) is 9.63. The third kappa shape index (κ3) is 7.12. The molecular formula is C13H24N2O4S. The quantitative estimate of drug-likeness (QED) is 0.470. The van der Waals surface area contributed by atoms with E-state index in [0.29, 0.717) is 31.1 Å². The van der Waals surface area contributed by atoms with Crippen LogP contribution < -0.4 is 11.1 Å². The summed E-state index contributed by atoms with van der Waals surface area (Å²) in [5.41, 5.74) is 5.66. The summed E-state index contributed by atoms with van der Waals surface area (Å²) in [6, 6.07) is -0.600. The van der Waals surface area contributed by atoms with E-state index in [9.17, 15) is 9.59 Å². The van der Waals surface area contributed by atoms with Crippen molar-refractivity contribution in [1.82, 2.24) is 5.32 Å². The molecule has 1 rings (SSSR count). The standard InChI is InChI=1S/C13H24N2O4S/c1-2-18-13(17)11(14)5-7-20-9-12(16)15-8-10-4-3-6-19-10/h10-11H,2-9,14H2,1H3,(H,15,16). The molecule has 0 radical (unpaired) electrons. The van der Waals surface area contributed by atoms with E-state index in [-0.39, 0.29) is 18.0 Å². The van der Waals surface area contributed by atoms with Gasteiger partial charge < -0.3 is 20.5 Å². The molecule has 1 heterocycles. The zero-order valence-corrected chi connectivity index (χ0v) is 12.7. The number of hydrogen-bond donors (Lipinski definition) is 2. The van der Waals surface area contributed by atoms with E-state index >= 15 is 0 Å². The van der Waals surface area contributed by atoms with Gasteiger partial charge in [-0.25, -0.2) is 0 Å². The normalized spacial score (nSPS) is 19.6. The first kappa shape index (κ1) is 17.3. The molecule has 0 aromatic carbocycles. The molecular weight excluding hydrogens is 280 g/mol. The summed E-state index contributed by atoms with van der Waals surface area (Å²) in [5, 5.41) is 2.85. The largest absolute Gasteiger partial charge is 0.465 e. The predicted molar refractivity (Wildman–Crippen MR) is 78.5 cm³/mol. The number of rotatable bonds is 9. The molecule has 0 bridgehead atoms. The van der Waals surface area contributed by atoms with Crippen LogP contribution in [0.3, 0.4) is 0 Å². The molecule has 116 valence electrons. The van der Waals surface area contributed by atoms with E-state index in [1.165, 1.54) is 11.8 Å². The maximum atomic E-state index is 11.6. The number of thioether (sulfide) groups is 1. The minimum absolute atomic E-state index is 0.00444. The van der Waals surface area contributed by atoms with Gasteiger partial charge in [-0.1, -0.05) is 0 Å². The highest BCUT2D eigenvalue weighted by Gasteiger charge is 2.16. The molecule has 2 unspecified atom stereocenters. The van der Waals surface area contributed by atoms with Crippen LogP contribution in [-0.4, -0.2) is 55.3 Å². The molecule has 1 aliphatic rings. The molecule has 20 heavy (non-hydrogen) atoms. The topological polar surface area (TPSA) is 90.7 Å². The Morgan fingerprint density at radius 2 is 2.35 bits per heavy atom. The molecule has 1 aliphatic heterocycles. The highest BCUT2D eigenvalue weighted by Crippen LogP contribution is 2.10. The minimum atomic E-state index is -0.600. The number of carbonyl (C=O) groups is 2. The summed E-state index contributed by atoms with van der Waals surface area (Å²) in [6.45, 7) is 3.46. The molecule has 0 aromatic rings. The van der Waals surface area contributed by atoms with Crippen LogP contribution in [-0.2, 0) is 19.1 Å². The van der Waals surface area contributed by atoms with Gasteiger partial charge >= 0.3 is 5.97 Å². The monoisotopic (exact) mass is 304 g/mol. The second kappa shape index (κ2) is 10.0. The van der Waals surface area contributed by atoms with Gasteiger partial charge in [-0.2, -0.15) is 11.8 Å². The molecule has 1 saturated heterocycles. The van der Waals surface area contributed by atoms with Crippen molar-refractivity contribution in [3.8, 4) is 0 Å². The highest BCUT2D eigenvalue weighted by molar-refractivity contribution is 7.99. The lowest BCUT2D eigenvalue weighted by atomic mass is 10.2. The molecule has 1 fully saturated rings. The summed E-state index contributed by atoms with van der Waals surface area (Å²) in [6.07, 6.45) is 2.77. The molecule has 0 saturated carbocycles. The molecule has 0 aromatic heterocycles. The summed E-state index contributed by atoms with van der Waals surface area (Å²) >= 11 is 1.47. The second-order valence-electron chi connectivity index (χ2n) is 4.64. The number of nitrogens with two attached hydrogens (primary N) is 1. The van der Waals surface area contributed by atoms with Gasteiger partial charge in [0.1, 0.15) is 6.04 Å². The zero-order chi connectivity index (χ0) is 14.8. The summed E-state index contributed by atoms with van der Waals surface area (Å²) < 4.78 is 10.2. The van der Waals surface area contributed by atoms with Crippen molar-refractivity contribution < 1.29 is 19.1 Å². The van der Waals surface area contributed by atoms with Crippen LogP contribution in [0, 0.1) is 0 Å². The third-order valence-electron chi connectivity index (χ3n) is 2.95. The molecule has 3 N–H and O–H groups in total. The van der Waals surface area contributed by atoms with E-state index in [1.54, 1.807) is 6.92 Å². The summed E-state index contributed by atoms with van der Waals surface area (Å²) in [5.74, 6) is 0.654. The Morgan fingerprint density at radius 1 is 1.55 bits per heavy atom. The highest BCUT2D eigenvalue weighted by atomic mass is 32.2. The Labute approximate surface area is 124 Å². The fourth-order valence-electron chi connectivity index (χ4n) is 1.83. The number of ether oxygens (including phenoxy) is 2. The van der Waals surface area contributed by atoms with Crippen molar-refractivity contribution >= 4 is 23.6 Å². The molecule has 7 heteroatoms. The average Bonchev–Trinajstić information content (AvgIpc) is 2.94. The maximum Gasteiger partial charge on any atom is 0.322 e. The summed E-state index contributed by atoms with van der Waals surface area (Å²) in [7, 11) is 0. The van der Waals surface area contributed by atoms with Crippen LogP contribution in [0.5, 0.6) is 0 Å². The van der Waals surface area contributed by atoms with E-state index in [4.69, 9.17) is 15.2 Å². The van der Waals surface area contributed by atoms with Gasteiger partial charge in [0.25, 0.3) is 0 Å². The van der Waals surface area contributed by atoms with Crippen LogP contribution in [0.4, 0.5) is 0 Å². The van der Waals surface area contributed by atoms with Crippen LogP contribution in [0.25, 0.3) is 0 Å². The van der Waals surface area contributed by atoms with Gasteiger partial charge in [0.2, 0.25) is 5.91 Å². The lowest BCUT2D eigenvalue weighted by Crippen LogP contribution is -2.34. The second-order valence-corrected chi connectivity index (χ2v) is 5.74. The molecule has 0 aliphatic carbocycles. The Bertz CT molecular complexity index is 309. The Hall–Kier alpha value is -0.790. The van der Waals surface area contributed by atoms with Crippen molar-refractivity contribution in [2.75, 3.05) is 31.3 Å². The Morgan fingerprint density at radius 3 is 3.00 bits per heavy atom. The fourth-order valence-corrected chi connectivity index (χ4v) is 2.68. The Kier molecular flexibility index (Phi) is 8.64. The van der Waals surface area contributed by atoms with E-state index in [1.807, 2.05) is 0 Å². The maximum absolute atomic E-state index is 11.6. The lowest BCUT2D eigenvalue weighted by Gasteiger charge is -2.11. The van der Waals surface area contributed by atoms with Gasteiger partial charge in [-0.15, -0.1) is 0 Å². The number of esters is 1. The number of nitrogens with one attached hydrogen (secondary N) is 1. The number of amides is 1. The van der Waals surface area contributed by atoms with Crippen LogP contribution in [0.2, 0.25) is 0 Å². The van der Waals surface area contributed by atoms with Crippen LogP contribution >= 0.6 is 11.8 Å². The average molecular weight is 304 g/mol. The molecule has 0 spiro atoms. The number of hydrogen-bond acceptors (Lipinski definition) is 6. The van der Waals surface area contributed by atoms with Crippen molar-refractivity contribution in [3.63, 3.8) is 0 Å². The van der Waals surface area contributed by atoms with Crippen molar-refractivity contribution in [2.45, 2.75) is 38.3 Å². The smallest absolute Gasteiger partial charge is 0.322 e. The van der Waals surface area contributed by atoms with Gasteiger partial charge in [-0.05, 0) is 31.9 Å². The van der Waals surface area contributed by atoms with Crippen molar-refractivity contribution in [2.24, 2.45) is 5.73 Å². The third-order valence-corrected chi connectivity index (χ3v) is 3.94. The van der Waals surface area contributed by atoms with Crippen LogP contribution in [0.15, 0.2) is 0 Å². The van der Waals surface area contributed by atoms with Gasteiger partial charge in [-0.3, -0.25) is 9.59 Å². The lowest BCUT2D eigenvalue weighted by molar-refractivity contribution is -0.144. The van der Waals surface area contributed by atoms with Gasteiger partial charge in [0, 0.05) is 13.2 Å². The minimum Gasteiger partial charge on any atom is -0.465 e.